The summed E-state index contributed by atoms with van der Waals surface area (Å²) >= 11 is 1.77. The zero-order valence-corrected chi connectivity index (χ0v) is 15.3. The third kappa shape index (κ3) is 3.12. The van der Waals surface area contributed by atoms with E-state index in [0.717, 1.165) is 24.8 Å². The average Bonchev–Trinajstić information content (AvgIpc) is 3.13. The van der Waals surface area contributed by atoms with Crippen molar-refractivity contribution in [2.24, 2.45) is 0 Å². The molecule has 0 saturated carbocycles. The Kier molecular flexibility index (Phi) is 4.51. The first kappa shape index (κ1) is 16.8. The highest BCUT2D eigenvalue weighted by atomic mass is 32.1. The molecular weight excluding hydrogens is 350 g/mol. The molecule has 3 aromatic rings. The van der Waals surface area contributed by atoms with Gasteiger partial charge in [-0.05, 0) is 48.1 Å². The highest BCUT2D eigenvalue weighted by molar-refractivity contribution is 7.10. The summed E-state index contributed by atoms with van der Waals surface area (Å²) in [5, 5.41) is 2.91. The Balaban J connectivity index is 1.48. The first-order valence-electron chi connectivity index (χ1n) is 8.68. The van der Waals surface area contributed by atoms with E-state index in [1.165, 1.54) is 16.5 Å². The normalized spacial score (nSPS) is 16.5. The van der Waals surface area contributed by atoms with Gasteiger partial charge in [0.1, 0.15) is 11.3 Å². The van der Waals surface area contributed by atoms with Crippen LogP contribution < -0.4 is 10.4 Å². The maximum absolute atomic E-state index is 12.7. The molecule has 4 rings (SSSR count). The van der Waals surface area contributed by atoms with Crippen molar-refractivity contribution in [3.63, 3.8) is 0 Å². The first-order valence-corrected chi connectivity index (χ1v) is 9.56. The molecule has 0 bridgehead atoms. The molecule has 3 heterocycles. The molecule has 1 amide bonds. The third-order valence-corrected chi connectivity index (χ3v) is 5.76. The van der Waals surface area contributed by atoms with Crippen LogP contribution in [0.4, 0.5) is 0 Å². The zero-order chi connectivity index (χ0) is 18.1. The predicted octanol–water partition coefficient (Wildman–Crippen LogP) is 3.77. The molecule has 5 nitrogen and oxygen atoms in total. The van der Waals surface area contributed by atoms with E-state index >= 15 is 0 Å². The van der Waals surface area contributed by atoms with E-state index in [0.29, 0.717) is 11.3 Å². The van der Waals surface area contributed by atoms with Crippen LogP contribution in [0.15, 0.2) is 51.0 Å². The smallest absolute Gasteiger partial charge is 0.336 e. The number of rotatable bonds is 4. The number of carbonyl (C=O) groups is 1. The standard InChI is InChI=1S/C20H19NO4S/c1-2-16-15-8-10-26-18(15)7-9-21(16)19(22)12-24-14-5-3-13-4-6-20(23)25-17(13)11-14/h3-6,8,10-11,16H,2,7,9,12H2,1H3/t16-/m1/s1. The molecule has 0 N–H and O–H groups in total. The van der Waals surface area contributed by atoms with Gasteiger partial charge in [0, 0.05) is 28.9 Å². The Hall–Kier alpha value is -2.60. The number of nitrogens with zero attached hydrogens (tertiary/aromatic N) is 1. The van der Waals surface area contributed by atoms with Gasteiger partial charge in [0.2, 0.25) is 0 Å². The fourth-order valence-electron chi connectivity index (χ4n) is 3.49. The van der Waals surface area contributed by atoms with Crippen LogP contribution in [-0.2, 0) is 11.2 Å². The molecule has 134 valence electrons. The molecule has 6 heteroatoms. The van der Waals surface area contributed by atoms with Crippen LogP contribution in [0.25, 0.3) is 11.0 Å². The second-order valence-corrected chi connectivity index (χ2v) is 7.30. The minimum atomic E-state index is -0.406. The lowest BCUT2D eigenvalue weighted by Gasteiger charge is -2.35. The van der Waals surface area contributed by atoms with Gasteiger partial charge >= 0.3 is 5.63 Å². The summed E-state index contributed by atoms with van der Waals surface area (Å²) in [6, 6.07) is 10.6. The van der Waals surface area contributed by atoms with Crippen LogP contribution in [0.3, 0.4) is 0 Å². The van der Waals surface area contributed by atoms with Crippen molar-refractivity contribution >= 4 is 28.2 Å². The van der Waals surface area contributed by atoms with Gasteiger partial charge in [-0.1, -0.05) is 6.92 Å². The molecule has 26 heavy (non-hydrogen) atoms. The highest BCUT2D eigenvalue weighted by Crippen LogP contribution is 2.35. The Bertz CT molecular complexity index is 1010. The minimum Gasteiger partial charge on any atom is -0.484 e. The SMILES string of the molecule is CC[C@@H]1c2ccsc2CCN1C(=O)COc1ccc2ccc(=O)oc2c1. The lowest BCUT2D eigenvalue weighted by Crippen LogP contribution is -2.41. The molecule has 0 aliphatic carbocycles. The summed E-state index contributed by atoms with van der Waals surface area (Å²) in [5.74, 6) is 0.491. The van der Waals surface area contributed by atoms with E-state index in [9.17, 15) is 9.59 Å². The van der Waals surface area contributed by atoms with Crippen molar-refractivity contribution in [2.75, 3.05) is 13.2 Å². The molecular formula is C20H19NO4S. The van der Waals surface area contributed by atoms with Gasteiger partial charge in [0.25, 0.3) is 5.91 Å². The van der Waals surface area contributed by atoms with Crippen LogP contribution in [0, 0.1) is 0 Å². The molecule has 2 aromatic heterocycles. The number of carbonyl (C=O) groups excluding carboxylic acids is 1. The molecule has 0 spiro atoms. The van der Waals surface area contributed by atoms with E-state index in [-0.39, 0.29) is 18.6 Å². The number of amides is 1. The quantitative estimate of drug-likeness (QED) is 0.657. The fraction of sp³-hybridized carbons (Fsp3) is 0.300. The van der Waals surface area contributed by atoms with Crippen molar-refractivity contribution in [1.82, 2.24) is 4.90 Å². The van der Waals surface area contributed by atoms with E-state index in [1.807, 2.05) is 11.0 Å². The number of fused-ring (bicyclic) bond motifs is 2. The van der Waals surface area contributed by atoms with Crippen LogP contribution in [0.1, 0.15) is 29.8 Å². The third-order valence-electron chi connectivity index (χ3n) is 4.76. The Morgan fingerprint density at radius 3 is 3.00 bits per heavy atom. The van der Waals surface area contributed by atoms with Crippen LogP contribution in [-0.4, -0.2) is 24.0 Å². The van der Waals surface area contributed by atoms with Gasteiger partial charge in [-0.3, -0.25) is 4.79 Å². The van der Waals surface area contributed by atoms with Crippen LogP contribution in [0.5, 0.6) is 5.75 Å². The number of hydrogen-bond donors (Lipinski definition) is 0. The number of hydrogen-bond acceptors (Lipinski definition) is 5. The summed E-state index contributed by atoms with van der Waals surface area (Å²) in [7, 11) is 0. The lowest BCUT2D eigenvalue weighted by atomic mass is 9.98. The second-order valence-electron chi connectivity index (χ2n) is 6.30. The zero-order valence-electron chi connectivity index (χ0n) is 14.4. The van der Waals surface area contributed by atoms with E-state index in [4.69, 9.17) is 9.15 Å². The van der Waals surface area contributed by atoms with Crippen molar-refractivity contribution in [3.8, 4) is 5.75 Å². The van der Waals surface area contributed by atoms with E-state index in [1.54, 1.807) is 29.5 Å². The molecule has 1 aliphatic rings. The summed E-state index contributed by atoms with van der Waals surface area (Å²) in [4.78, 5) is 27.4. The minimum absolute atomic E-state index is 0.0247. The van der Waals surface area contributed by atoms with Gasteiger partial charge in [-0.2, -0.15) is 0 Å². The lowest BCUT2D eigenvalue weighted by molar-refractivity contribution is -0.136. The van der Waals surface area contributed by atoms with Crippen molar-refractivity contribution in [1.29, 1.82) is 0 Å². The number of benzene rings is 1. The summed E-state index contributed by atoms with van der Waals surface area (Å²) < 4.78 is 10.8. The van der Waals surface area contributed by atoms with Gasteiger partial charge in [-0.25, -0.2) is 4.79 Å². The summed E-state index contributed by atoms with van der Waals surface area (Å²) in [6.07, 6.45) is 1.78. The Labute approximate surface area is 154 Å². The molecule has 1 aliphatic heterocycles. The first-order chi connectivity index (χ1) is 12.7. The molecule has 0 fully saturated rings. The fourth-order valence-corrected chi connectivity index (χ4v) is 4.42. The second kappa shape index (κ2) is 6.96. The summed E-state index contributed by atoms with van der Waals surface area (Å²) in [6.45, 7) is 2.79. The summed E-state index contributed by atoms with van der Waals surface area (Å²) in [5.41, 5.74) is 1.32. The Morgan fingerprint density at radius 2 is 2.15 bits per heavy atom. The van der Waals surface area contributed by atoms with E-state index in [2.05, 4.69) is 18.4 Å². The average molecular weight is 369 g/mol. The number of thiophene rings is 1. The Morgan fingerprint density at radius 1 is 1.31 bits per heavy atom. The van der Waals surface area contributed by atoms with Crippen molar-refractivity contribution < 1.29 is 13.9 Å². The largest absolute Gasteiger partial charge is 0.484 e. The highest BCUT2D eigenvalue weighted by Gasteiger charge is 2.30. The van der Waals surface area contributed by atoms with Gasteiger partial charge < -0.3 is 14.1 Å². The molecule has 1 aromatic carbocycles. The monoisotopic (exact) mass is 369 g/mol. The topological polar surface area (TPSA) is 59.8 Å². The van der Waals surface area contributed by atoms with Crippen molar-refractivity contribution in [3.05, 3.63) is 62.6 Å². The van der Waals surface area contributed by atoms with Crippen LogP contribution >= 0.6 is 11.3 Å². The molecule has 0 saturated heterocycles. The van der Waals surface area contributed by atoms with Crippen LogP contribution in [0.2, 0.25) is 0 Å². The predicted molar refractivity (Wildman–Crippen MR) is 101 cm³/mol. The molecule has 1 atom stereocenters. The van der Waals surface area contributed by atoms with Gasteiger partial charge in [-0.15, -0.1) is 11.3 Å². The van der Waals surface area contributed by atoms with Gasteiger partial charge in [0.15, 0.2) is 6.61 Å². The maximum atomic E-state index is 12.7. The maximum Gasteiger partial charge on any atom is 0.336 e. The molecule has 0 radical (unpaired) electrons. The van der Waals surface area contributed by atoms with Crippen molar-refractivity contribution in [2.45, 2.75) is 25.8 Å². The number of ether oxygens (including phenoxy) is 1. The van der Waals surface area contributed by atoms with Gasteiger partial charge in [0.05, 0.1) is 6.04 Å². The molecule has 0 unspecified atom stereocenters. The van der Waals surface area contributed by atoms with E-state index < -0.39 is 5.63 Å².